The molecule has 0 rings (SSSR count). The molecule has 0 spiro atoms. The summed E-state index contributed by atoms with van der Waals surface area (Å²) in [5, 5.41) is 4.67. The molecule has 0 heterocycles. The van der Waals surface area contributed by atoms with Crippen LogP contribution in [0.15, 0.2) is 0 Å². The second-order valence-corrected chi connectivity index (χ2v) is 4.37. The van der Waals surface area contributed by atoms with Gasteiger partial charge >= 0.3 is 0 Å². The molecule has 0 N–H and O–H groups in total. The van der Waals surface area contributed by atoms with Gasteiger partial charge in [0.05, 0.1) is 0 Å². The second kappa shape index (κ2) is 6.35. The van der Waals surface area contributed by atoms with E-state index >= 15 is 0 Å². The topological polar surface area (TPSA) is 20.6 Å². The van der Waals surface area contributed by atoms with Gasteiger partial charge in [0, 0.05) is 25.2 Å². The summed E-state index contributed by atoms with van der Waals surface area (Å²) in [7, 11) is 8.34. The number of hydrogen-bond donors (Lipinski definition) is 0. The van der Waals surface area contributed by atoms with Crippen LogP contribution in [0.5, 0.6) is 0 Å². The highest BCUT2D eigenvalue weighted by Crippen LogP contribution is 1.93. The molecule has 0 saturated carbocycles. The zero-order valence-corrected chi connectivity index (χ0v) is 9.91. The van der Waals surface area contributed by atoms with E-state index in [1.807, 2.05) is 0 Å². The van der Waals surface area contributed by atoms with Crippen LogP contribution >= 0.6 is 0 Å². The summed E-state index contributed by atoms with van der Waals surface area (Å²) < 4.78 is 0. The summed E-state index contributed by atoms with van der Waals surface area (Å²) in [6.45, 7) is 6.42. The van der Waals surface area contributed by atoms with Crippen molar-refractivity contribution in [3.05, 3.63) is 0 Å². The predicted octanol–water partition coefficient (Wildman–Crippen LogP) is 0.491. The minimum absolute atomic E-state index is 0.435. The standard InChI is InChI=1S/C10H24N3/c1-9(7-12(3)4)11-10(2)8-13(5)6/h9-10H,7-8H2,1-6H3. The fourth-order valence-electron chi connectivity index (χ4n) is 1.59. The lowest BCUT2D eigenvalue weighted by molar-refractivity contribution is 0.291. The van der Waals surface area contributed by atoms with Crippen molar-refractivity contribution in [2.75, 3.05) is 41.3 Å². The van der Waals surface area contributed by atoms with Crippen molar-refractivity contribution in [3.8, 4) is 0 Å². The Morgan fingerprint density at radius 1 is 0.846 bits per heavy atom. The highest BCUT2D eigenvalue weighted by Gasteiger charge is 2.10. The SMILES string of the molecule is CC(CN(C)C)[N]C(C)CN(C)C. The van der Waals surface area contributed by atoms with E-state index < -0.39 is 0 Å². The van der Waals surface area contributed by atoms with Gasteiger partial charge in [0.25, 0.3) is 0 Å². The molecule has 0 aromatic heterocycles. The van der Waals surface area contributed by atoms with Gasteiger partial charge in [0.1, 0.15) is 0 Å². The number of nitrogens with zero attached hydrogens (tertiary/aromatic N) is 3. The van der Waals surface area contributed by atoms with Gasteiger partial charge in [-0.1, -0.05) is 0 Å². The average molecular weight is 186 g/mol. The van der Waals surface area contributed by atoms with Crippen LogP contribution in [-0.4, -0.2) is 63.2 Å². The van der Waals surface area contributed by atoms with Crippen molar-refractivity contribution in [1.82, 2.24) is 15.1 Å². The van der Waals surface area contributed by atoms with Crippen molar-refractivity contribution in [2.45, 2.75) is 25.9 Å². The van der Waals surface area contributed by atoms with E-state index in [0.717, 1.165) is 13.1 Å². The van der Waals surface area contributed by atoms with Gasteiger partial charge in [-0.2, -0.15) is 0 Å². The van der Waals surface area contributed by atoms with Crippen LogP contribution < -0.4 is 5.32 Å². The molecule has 13 heavy (non-hydrogen) atoms. The fourth-order valence-corrected chi connectivity index (χ4v) is 1.59. The van der Waals surface area contributed by atoms with Gasteiger partial charge < -0.3 is 9.80 Å². The summed E-state index contributed by atoms with van der Waals surface area (Å²) in [6.07, 6.45) is 0. The first kappa shape index (κ1) is 12.9. The molecule has 79 valence electrons. The van der Waals surface area contributed by atoms with Gasteiger partial charge in [0.2, 0.25) is 0 Å². The smallest absolute Gasteiger partial charge is 0.0348 e. The third-order valence-electron chi connectivity index (χ3n) is 1.77. The van der Waals surface area contributed by atoms with Gasteiger partial charge in [-0.05, 0) is 42.0 Å². The molecular weight excluding hydrogens is 162 g/mol. The van der Waals surface area contributed by atoms with Crippen LogP contribution in [0.2, 0.25) is 0 Å². The van der Waals surface area contributed by atoms with Crippen LogP contribution in [0.1, 0.15) is 13.8 Å². The fraction of sp³-hybridized carbons (Fsp3) is 1.00. The molecule has 0 amide bonds. The third kappa shape index (κ3) is 8.22. The van der Waals surface area contributed by atoms with Crippen molar-refractivity contribution in [3.63, 3.8) is 0 Å². The maximum Gasteiger partial charge on any atom is 0.0348 e. The molecule has 0 bridgehead atoms. The van der Waals surface area contributed by atoms with Crippen LogP contribution in [-0.2, 0) is 0 Å². The number of hydrogen-bond acceptors (Lipinski definition) is 2. The molecule has 0 aliphatic heterocycles. The maximum atomic E-state index is 4.67. The predicted molar refractivity (Wildman–Crippen MR) is 58.2 cm³/mol. The third-order valence-corrected chi connectivity index (χ3v) is 1.77. The van der Waals surface area contributed by atoms with E-state index in [4.69, 9.17) is 0 Å². The molecule has 0 aromatic rings. The van der Waals surface area contributed by atoms with Gasteiger partial charge in [-0.15, -0.1) is 0 Å². The summed E-state index contributed by atoms with van der Waals surface area (Å²) in [6, 6.07) is 0.870. The largest absolute Gasteiger partial charge is 0.308 e. The van der Waals surface area contributed by atoms with E-state index in [2.05, 4.69) is 57.2 Å². The van der Waals surface area contributed by atoms with Crippen LogP contribution in [0.25, 0.3) is 0 Å². The van der Waals surface area contributed by atoms with Gasteiger partial charge in [0.15, 0.2) is 0 Å². The normalized spacial score (nSPS) is 16.6. The van der Waals surface area contributed by atoms with Gasteiger partial charge in [-0.3, -0.25) is 0 Å². The Morgan fingerprint density at radius 3 is 1.38 bits per heavy atom. The van der Waals surface area contributed by atoms with Crippen molar-refractivity contribution >= 4 is 0 Å². The lowest BCUT2D eigenvalue weighted by atomic mass is 10.2. The molecule has 0 aliphatic rings. The monoisotopic (exact) mass is 186 g/mol. The van der Waals surface area contributed by atoms with Crippen molar-refractivity contribution < 1.29 is 0 Å². The molecule has 3 nitrogen and oxygen atoms in total. The first-order valence-electron chi connectivity index (χ1n) is 4.91. The van der Waals surface area contributed by atoms with Gasteiger partial charge in [-0.25, -0.2) is 5.32 Å². The first-order valence-corrected chi connectivity index (χ1v) is 4.91. The molecule has 2 atom stereocenters. The maximum absolute atomic E-state index is 4.67. The van der Waals surface area contributed by atoms with E-state index in [0.29, 0.717) is 12.1 Å². The molecule has 3 heteroatoms. The summed E-state index contributed by atoms with van der Waals surface area (Å²) in [4.78, 5) is 4.35. The van der Waals surface area contributed by atoms with E-state index in [-0.39, 0.29) is 0 Å². The van der Waals surface area contributed by atoms with E-state index in [1.54, 1.807) is 0 Å². The van der Waals surface area contributed by atoms with E-state index in [1.165, 1.54) is 0 Å². The molecular formula is C10H24N3. The lowest BCUT2D eigenvalue weighted by Gasteiger charge is -2.22. The van der Waals surface area contributed by atoms with Crippen LogP contribution in [0.3, 0.4) is 0 Å². The Bertz CT molecular complexity index is 109. The van der Waals surface area contributed by atoms with Crippen LogP contribution in [0.4, 0.5) is 0 Å². The molecule has 0 saturated heterocycles. The highest BCUT2D eigenvalue weighted by molar-refractivity contribution is 4.70. The van der Waals surface area contributed by atoms with Crippen molar-refractivity contribution in [2.24, 2.45) is 0 Å². The zero-order valence-electron chi connectivity index (χ0n) is 9.91. The Hall–Kier alpha value is -0.120. The molecule has 0 aliphatic carbocycles. The second-order valence-electron chi connectivity index (χ2n) is 4.37. The Morgan fingerprint density at radius 2 is 1.15 bits per heavy atom. The average Bonchev–Trinajstić information content (AvgIpc) is 1.80. The minimum atomic E-state index is 0.435. The summed E-state index contributed by atoms with van der Waals surface area (Å²) in [5.74, 6) is 0. The number of likely N-dealkylation sites (N-methyl/N-ethyl adjacent to an activating group) is 2. The first-order chi connectivity index (χ1) is 5.91. The molecule has 0 aromatic carbocycles. The minimum Gasteiger partial charge on any atom is -0.308 e. The summed E-state index contributed by atoms with van der Waals surface area (Å²) in [5.41, 5.74) is 0. The van der Waals surface area contributed by atoms with E-state index in [9.17, 15) is 0 Å². The molecule has 2 unspecified atom stereocenters. The Balaban J connectivity index is 3.58. The van der Waals surface area contributed by atoms with Crippen LogP contribution in [0, 0.1) is 0 Å². The summed E-state index contributed by atoms with van der Waals surface area (Å²) >= 11 is 0. The quantitative estimate of drug-likeness (QED) is 0.602. The highest BCUT2D eigenvalue weighted by atomic mass is 15.1. The molecule has 1 radical (unpaired) electrons. The zero-order chi connectivity index (χ0) is 10.4. The van der Waals surface area contributed by atoms with Crippen molar-refractivity contribution in [1.29, 1.82) is 0 Å². The Labute approximate surface area is 83.1 Å². The lowest BCUT2D eigenvalue weighted by Crippen LogP contribution is -2.39. The number of rotatable bonds is 6. The Kier molecular flexibility index (Phi) is 6.29. The molecule has 0 fully saturated rings.